The number of unbranched alkanes of at least 4 members (excludes halogenated alkanes) is 3. The molecule has 0 spiro atoms. The Labute approximate surface area is 135 Å². The molecule has 5 heteroatoms. The first-order chi connectivity index (χ1) is 10.1. The van der Waals surface area contributed by atoms with Crippen molar-refractivity contribution < 1.29 is 14.3 Å². The monoisotopic (exact) mass is 357 g/mol. The molecule has 4 nitrogen and oxygen atoms in total. The minimum atomic E-state index is -0.0893. The van der Waals surface area contributed by atoms with E-state index in [1.807, 2.05) is 6.92 Å². The van der Waals surface area contributed by atoms with E-state index in [0.717, 1.165) is 17.3 Å². The molecule has 0 atom stereocenters. The maximum absolute atomic E-state index is 12.1. The molecule has 0 aliphatic rings. The number of amides is 1. The largest absolute Gasteiger partial charge is 0.493 e. The van der Waals surface area contributed by atoms with Crippen molar-refractivity contribution >= 4 is 21.8 Å². The van der Waals surface area contributed by atoms with E-state index in [9.17, 15) is 4.79 Å². The maximum Gasteiger partial charge on any atom is 0.251 e. The molecule has 1 amide bonds. The lowest BCUT2D eigenvalue weighted by atomic mass is 10.1. The van der Waals surface area contributed by atoms with Crippen LogP contribution in [0.5, 0.6) is 11.5 Å². The van der Waals surface area contributed by atoms with Gasteiger partial charge in [0.05, 0.1) is 18.2 Å². The van der Waals surface area contributed by atoms with Crippen molar-refractivity contribution in [3.05, 3.63) is 22.2 Å². The molecule has 0 bridgehead atoms. The summed E-state index contributed by atoms with van der Waals surface area (Å²) in [5.41, 5.74) is 0.567. The molecule has 0 aliphatic heterocycles. The Hall–Kier alpha value is -1.23. The first kappa shape index (κ1) is 17.8. The fourth-order valence-corrected chi connectivity index (χ4v) is 2.55. The number of nitrogens with one attached hydrogen (secondary N) is 1. The molecule has 0 radical (unpaired) electrons. The Morgan fingerprint density at radius 3 is 2.62 bits per heavy atom. The fraction of sp³-hybridized carbons (Fsp3) is 0.562. The molecule has 0 saturated carbocycles. The Morgan fingerprint density at radius 1 is 1.24 bits per heavy atom. The molecule has 0 saturated heterocycles. The van der Waals surface area contributed by atoms with Crippen LogP contribution >= 0.6 is 15.9 Å². The highest BCUT2D eigenvalue weighted by molar-refractivity contribution is 9.10. The van der Waals surface area contributed by atoms with Crippen LogP contribution in [0.4, 0.5) is 0 Å². The van der Waals surface area contributed by atoms with Crippen molar-refractivity contribution in [2.24, 2.45) is 0 Å². The number of hydrogen-bond donors (Lipinski definition) is 1. The molecule has 0 heterocycles. The summed E-state index contributed by atoms with van der Waals surface area (Å²) in [5.74, 6) is 1.09. The van der Waals surface area contributed by atoms with Gasteiger partial charge in [-0.1, -0.05) is 26.2 Å². The van der Waals surface area contributed by atoms with Crippen LogP contribution in [0.25, 0.3) is 0 Å². The van der Waals surface area contributed by atoms with Crippen molar-refractivity contribution in [1.82, 2.24) is 5.32 Å². The van der Waals surface area contributed by atoms with E-state index in [-0.39, 0.29) is 5.91 Å². The van der Waals surface area contributed by atoms with Crippen molar-refractivity contribution in [3.63, 3.8) is 0 Å². The minimum Gasteiger partial charge on any atom is -0.493 e. The minimum absolute atomic E-state index is 0.0893. The second-order valence-corrected chi connectivity index (χ2v) is 5.59. The molecule has 0 unspecified atom stereocenters. The number of rotatable bonds is 9. The normalized spacial score (nSPS) is 10.3. The van der Waals surface area contributed by atoms with E-state index in [4.69, 9.17) is 9.47 Å². The van der Waals surface area contributed by atoms with Crippen molar-refractivity contribution in [2.45, 2.75) is 39.5 Å². The summed E-state index contributed by atoms with van der Waals surface area (Å²) in [6.45, 7) is 5.31. The summed E-state index contributed by atoms with van der Waals surface area (Å²) in [5, 5.41) is 2.93. The first-order valence-corrected chi connectivity index (χ1v) is 8.21. The predicted molar refractivity (Wildman–Crippen MR) is 88.3 cm³/mol. The number of halogens is 1. The summed E-state index contributed by atoms with van der Waals surface area (Å²) in [6, 6.07) is 3.46. The Balaban J connectivity index is 2.70. The van der Waals surface area contributed by atoms with Crippen LogP contribution < -0.4 is 14.8 Å². The SMILES string of the molecule is CCCCCCNC(=O)c1cc(Br)c(OCC)c(OC)c1. The van der Waals surface area contributed by atoms with Gasteiger partial charge in [0.1, 0.15) is 0 Å². The maximum atomic E-state index is 12.1. The number of carbonyl (C=O) groups is 1. The van der Waals surface area contributed by atoms with Gasteiger partial charge in [0.2, 0.25) is 0 Å². The molecular weight excluding hydrogens is 334 g/mol. The van der Waals surface area contributed by atoms with Gasteiger partial charge in [0.25, 0.3) is 5.91 Å². The molecule has 21 heavy (non-hydrogen) atoms. The van der Waals surface area contributed by atoms with Gasteiger partial charge in [-0.25, -0.2) is 0 Å². The van der Waals surface area contributed by atoms with Crippen LogP contribution in [-0.2, 0) is 0 Å². The smallest absolute Gasteiger partial charge is 0.251 e. The lowest BCUT2D eigenvalue weighted by Crippen LogP contribution is -2.24. The van der Waals surface area contributed by atoms with Gasteiger partial charge in [-0.3, -0.25) is 4.79 Å². The number of methoxy groups -OCH3 is 1. The summed E-state index contributed by atoms with van der Waals surface area (Å²) < 4.78 is 11.5. The average Bonchev–Trinajstić information content (AvgIpc) is 2.48. The second kappa shape index (κ2) is 9.66. The highest BCUT2D eigenvalue weighted by Gasteiger charge is 2.15. The molecule has 0 fully saturated rings. The first-order valence-electron chi connectivity index (χ1n) is 7.42. The van der Waals surface area contributed by atoms with Gasteiger partial charge in [0, 0.05) is 12.1 Å². The molecule has 0 aliphatic carbocycles. The zero-order valence-electron chi connectivity index (χ0n) is 13.0. The van der Waals surface area contributed by atoms with Crippen molar-refractivity contribution in [2.75, 3.05) is 20.3 Å². The molecule has 1 aromatic rings. The Bertz CT molecular complexity index is 463. The van der Waals surface area contributed by atoms with E-state index >= 15 is 0 Å². The zero-order valence-corrected chi connectivity index (χ0v) is 14.6. The van der Waals surface area contributed by atoms with Gasteiger partial charge < -0.3 is 14.8 Å². The summed E-state index contributed by atoms with van der Waals surface area (Å²) in [4.78, 5) is 12.1. The van der Waals surface area contributed by atoms with Crippen molar-refractivity contribution in [3.8, 4) is 11.5 Å². The fourth-order valence-electron chi connectivity index (χ4n) is 1.99. The lowest BCUT2D eigenvalue weighted by molar-refractivity contribution is 0.0952. The van der Waals surface area contributed by atoms with Crippen LogP contribution in [-0.4, -0.2) is 26.2 Å². The van der Waals surface area contributed by atoms with Gasteiger partial charge in [0.15, 0.2) is 11.5 Å². The molecule has 1 rings (SSSR count). The van der Waals surface area contributed by atoms with Gasteiger partial charge in [-0.2, -0.15) is 0 Å². The zero-order chi connectivity index (χ0) is 15.7. The van der Waals surface area contributed by atoms with Gasteiger partial charge in [-0.15, -0.1) is 0 Å². The average molecular weight is 358 g/mol. The van der Waals surface area contributed by atoms with E-state index in [0.29, 0.717) is 30.2 Å². The second-order valence-electron chi connectivity index (χ2n) is 4.74. The third-order valence-corrected chi connectivity index (χ3v) is 3.69. The lowest BCUT2D eigenvalue weighted by Gasteiger charge is -2.13. The molecule has 1 N–H and O–H groups in total. The number of hydrogen-bond acceptors (Lipinski definition) is 3. The Morgan fingerprint density at radius 2 is 2.00 bits per heavy atom. The number of benzene rings is 1. The number of carbonyl (C=O) groups excluding carboxylic acids is 1. The van der Waals surface area contributed by atoms with Crippen LogP contribution in [0.2, 0.25) is 0 Å². The molecule has 118 valence electrons. The van der Waals surface area contributed by atoms with Gasteiger partial charge in [-0.05, 0) is 41.4 Å². The highest BCUT2D eigenvalue weighted by Crippen LogP contribution is 2.36. The van der Waals surface area contributed by atoms with E-state index in [1.165, 1.54) is 12.8 Å². The predicted octanol–water partition coefficient (Wildman–Crippen LogP) is 4.17. The van der Waals surface area contributed by atoms with Crippen LogP contribution in [0, 0.1) is 0 Å². The van der Waals surface area contributed by atoms with E-state index in [2.05, 4.69) is 28.2 Å². The summed E-state index contributed by atoms with van der Waals surface area (Å²) >= 11 is 3.43. The summed E-state index contributed by atoms with van der Waals surface area (Å²) in [7, 11) is 1.57. The standard InChI is InChI=1S/C16H24BrNO3/c1-4-6-7-8-9-18-16(19)12-10-13(17)15(21-5-2)14(11-12)20-3/h10-11H,4-9H2,1-3H3,(H,18,19). The third kappa shape index (κ3) is 5.58. The quantitative estimate of drug-likeness (QED) is 0.674. The van der Waals surface area contributed by atoms with Crippen LogP contribution in [0.15, 0.2) is 16.6 Å². The Kier molecular flexibility index (Phi) is 8.20. The van der Waals surface area contributed by atoms with Crippen LogP contribution in [0.1, 0.15) is 49.9 Å². The highest BCUT2D eigenvalue weighted by atomic mass is 79.9. The number of ether oxygens (including phenoxy) is 2. The van der Waals surface area contributed by atoms with Crippen LogP contribution in [0.3, 0.4) is 0 Å². The summed E-state index contributed by atoms with van der Waals surface area (Å²) in [6.07, 6.45) is 4.55. The molecular formula is C16H24BrNO3. The third-order valence-electron chi connectivity index (χ3n) is 3.10. The topological polar surface area (TPSA) is 47.6 Å². The van der Waals surface area contributed by atoms with Gasteiger partial charge >= 0.3 is 0 Å². The van der Waals surface area contributed by atoms with E-state index in [1.54, 1.807) is 19.2 Å². The molecule has 0 aromatic heterocycles. The molecule has 1 aromatic carbocycles. The van der Waals surface area contributed by atoms with E-state index < -0.39 is 0 Å². The van der Waals surface area contributed by atoms with Crippen molar-refractivity contribution in [1.29, 1.82) is 0 Å².